The molecule has 0 aliphatic carbocycles. The van der Waals surface area contributed by atoms with E-state index in [1.165, 1.54) is 0 Å². The van der Waals surface area contributed by atoms with E-state index >= 15 is 0 Å². The molecule has 0 radical (unpaired) electrons. The lowest BCUT2D eigenvalue weighted by molar-refractivity contribution is 0.425. The van der Waals surface area contributed by atoms with Crippen LogP contribution in [-0.4, -0.2) is 30.8 Å². The maximum atomic E-state index is 9.11. The van der Waals surface area contributed by atoms with Crippen LogP contribution in [-0.2, 0) is 6.42 Å². The van der Waals surface area contributed by atoms with Crippen molar-refractivity contribution in [2.75, 3.05) is 18.5 Å². The third-order valence-corrected chi connectivity index (χ3v) is 2.57. The fraction of sp³-hybridized carbons (Fsp3) is 0.333. The van der Waals surface area contributed by atoms with Crippen LogP contribution in [0.4, 0.5) is 5.69 Å². The first-order valence-corrected chi connectivity index (χ1v) is 4.39. The summed E-state index contributed by atoms with van der Waals surface area (Å²) in [7, 11) is 0.667. The van der Waals surface area contributed by atoms with Crippen LogP contribution in [0.15, 0.2) is 18.2 Å². The Morgan fingerprint density at radius 2 is 2.15 bits per heavy atom. The molecule has 1 heterocycles. The quantitative estimate of drug-likeness (QED) is 0.560. The molecule has 2 N–H and O–H groups in total. The summed E-state index contributed by atoms with van der Waals surface area (Å²) in [4.78, 5) is 2.13. The normalized spacial score (nSPS) is 14.5. The second kappa shape index (κ2) is 3.05. The molecule has 68 valence electrons. The van der Waals surface area contributed by atoms with Crippen molar-refractivity contribution >= 4 is 18.3 Å². The predicted molar refractivity (Wildman–Crippen MR) is 53.2 cm³/mol. The van der Waals surface area contributed by atoms with Gasteiger partial charge in [0.1, 0.15) is 0 Å². The van der Waals surface area contributed by atoms with Crippen LogP contribution in [0.3, 0.4) is 0 Å². The Kier molecular flexibility index (Phi) is 2.02. The van der Waals surface area contributed by atoms with E-state index in [4.69, 9.17) is 10.0 Å². The van der Waals surface area contributed by atoms with E-state index in [2.05, 4.69) is 4.90 Å². The number of rotatable bonds is 1. The highest BCUT2D eigenvalue weighted by atomic mass is 16.4. The third kappa shape index (κ3) is 1.32. The summed E-state index contributed by atoms with van der Waals surface area (Å²) in [6, 6.07) is 5.63. The average molecular weight is 177 g/mol. The van der Waals surface area contributed by atoms with Gasteiger partial charge in [0.05, 0.1) is 0 Å². The van der Waals surface area contributed by atoms with E-state index in [0.717, 1.165) is 24.2 Å². The summed E-state index contributed by atoms with van der Waals surface area (Å²) in [5.41, 5.74) is 2.83. The number of hydrogen-bond donors (Lipinski definition) is 2. The highest BCUT2D eigenvalue weighted by molar-refractivity contribution is 6.59. The summed E-state index contributed by atoms with van der Waals surface area (Å²) in [6.45, 7) is 0.957. The van der Waals surface area contributed by atoms with Gasteiger partial charge in [-0.3, -0.25) is 0 Å². The summed E-state index contributed by atoms with van der Waals surface area (Å²) >= 11 is 0. The second-order valence-electron chi connectivity index (χ2n) is 3.39. The Morgan fingerprint density at radius 3 is 2.85 bits per heavy atom. The van der Waals surface area contributed by atoms with Crippen molar-refractivity contribution in [3.8, 4) is 0 Å². The molecule has 0 saturated heterocycles. The van der Waals surface area contributed by atoms with Crippen LogP contribution >= 0.6 is 0 Å². The Balaban J connectivity index is 2.51. The van der Waals surface area contributed by atoms with Crippen LogP contribution < -0.4 is 10.4 Å². The minimum atomic E-state index is -1.35. The predicted octanol–water partition coefficient (Wildman–Crippen LogP) is -0.641. The van der Waals surface area contributed by atoms with E-state index in [1.807, 2.05) is 19.2 Å². The van der Waals surface area contributed by atoms with Crippen molar-refractivity contribution in [1.82, 2.24) is 0 Å². The number of hydrogen-bond acceptors (Lipinski definition) is 3. The highest BCUT2D eigenvalue weighted by Gasteiger charge is 2.23. The summed E-state index contributed by atoms with van der Waals surface area (Å²) < 4.78 is 0. The first kappa shape index (κ1) is 8.60. The van der Waals surface area contributed by atoms with Gasteiger partial charge in [-0.15, -0.1) is 0 Å². The fourth-order valence-electron chi connectivity index (χ4n) is 1.86. The lowest BCUT2D eigenvalue weighted by Gasteiger charge is -2.12. The summed E-state index contributed by atoms with van der Waals surface area (Å²) in [6.07, 6.45) is 0.902. The second-order valence-corrected chi connectivity index (χ2v) is 3.39. The Labute approximate surface area is 77.8 Å². The molecule has 1 aliphatic rings. The number of anilines is 1. The number of benzene rings is 1. The van der Waals surface area contributed by atoms with Gasteiger partial charge in [-0.25, -0.2) is 0 Å². The first-order chi connectivity index (χ1) is 6.20. The third-order valence-electron chi connectivity index (χ3n) is 2.57. The van der Waals surface area contributed by atoms with E-state index in [9.17, 15) is 0 Å². The van der Waals surface area contributed by atoms with Crippen molar-refractivity contribution in [1.29, 1.82) is 0 Å². The summed E-state index contributed by atoms with van der Waals surface area (Å²) in [5.74, 6) is 0. The van der Waals surface area contributed by atoms with Crippen molar-refractivity contribution in [2.24, 2.45) is 0 Å². The van der Waals surface area contributed by atoms with Crippen LogP contribution in [0.2, 0.25) is 0 Å². The van der Waals surface area contributed by atoms with E-state index in [0.29, 0.717) is 5.46 Å². The molecule has 2 rings (SSSR count). The standard InChI is InChI=1S/C9H12BNO2/c1-11-6-5-7-8(10(12)13)3-2-4-9(7)11/h2-4,12-13H,5-6H2,1H3. The first-order valence-electron chi connectivity index (χ1n) is 4.39. The van der Waals surface area contributed by atoms with Crippen LogP contribution in [0.1, 0.15) is 5.56 Å². The zero-order valence-electron chi connectivity index (χ0n) is 7.57. The van der Waals surface area contributed by atoms with Crippen LogP contribution in [0.25, 0.3) is 0 Å². The van der Waals surface area contributed by atoms with Gasteiger partial charge in [0.2, 0.25) is 0 Å². The van der Waals surface area contributed by atoms with Crippen LogP contribution in [0.5, 0.6) is 0 Å². The molecule has 0 aromatic heterocycles. The van der Waals surface area contributed by atoms with Gasteiger partial charge in [0, 0.05) is 19.3 Å². The van der Waals surface area contributed by atoms with Crippen molar-refractivity contribution in [2.45, 2.75) is 6.42 Å². The molecule has 0 bridgehead atoms. The molecule has 3 nitrogen and oxygen atoms in total. The van der Waals surface area contributed by atoms with Gasteiger partial charge in [0.25, 0.3) is 0 Å². The maximum absolute atomic E-state index is 9.11. The van der Waals surface area contributed by atoms with E-state index in [-0.39, 0.29) is 0 Å². The number of nitrogens with zero attached hydrogens (tertiary/aromatic N) is 1. The summed E-state index contributed by atoms with van der Waals surface area (Å²) in [5, 5.41) is 18.2. The Morgan fingerprint density at radius 1 is 1.38 bits per heavy atom. The molecule has 0 atom stereocenters. The molecule has 13 heavy (non-hydrogen) atoms. The Bertz CT molecular complexity index is 327. The van der Waals surface area contributed by atoms with Gasteiger partial charge in [-0.05, 0) is 23.5 Å². The van der Waals surface area contributed by atoms with Crippen molar-refractivity contribution in [3.05, 3.63) is 23.8 Å². The fourth-order valence-corrected chi connectivity index (χ4v) is 1.86. The zero-order chi connectivity index (χ0) is 9.42. The molecule has 0 spiro atoms. The Hall–Kier alpha value is -0.995. The van der Waals surface area contributed by atoms with Gasteiger partial charge in [-0.2, -0.15) is 0 Å². The molecule has 1 aromatic carbocycles. The molecule has 1 aromatic rings. The molecular weight excluding hydrogens is 165 g/mol. The molecule has 1 aliphatic heterocycles. The highest BCUT2D eigenvalue weighted by Crippen LogP contribution is 2.24. The number of likely N-dealkylation sites (N-methyl/N-ethyl adjacent to an activating group) is 1. The molecule has 4 heteroatoms. The largest absolute Gasteiger partial charge is 0.488 e. The molecular formula is C9H12BNO2. The molecule has 0 fully saturated rings. The van der Waals surface area contributed by atoms with Gasteiger partial charge in [-0.1, -0.05) is 12.1 Å². The van der Waals surface area contributed by atoms with Gasteiger partial charge in [0.15, 0.2) is 0 Å². The zero-order valence-corrected chi connectivity index (χ0v) is 7.57. The minimum absolute atomic E-state index is 0.641. The topological polar surface area (TPSA) is 43.7 Å². The smallest absolute Gasteiger partial charge is 0.423 e. The van der Waals surface area contributed by atoms with Crippen molar-refractivity contribution in [3.63, 3.8) is 0 Å². The average Bonchev–Trinajstić information content (AvgIpc) is 2.48. The minimum Gasteiger partial charge on any atom is -0.423 e. The van der Waals surface area contributed by atoms with E-state index < -0.39 is 7.12 Å². The maximum Gasteiger partial charge on any atom is 0.488 e. The van der Waals surface area contributed by atoms with Crippen molar-refractivity contribution < 1.29 is 10.0 Å². The lowest BCUT2D eigenvalue weighted by Crippen LogP contribution is -2.32. The number of fused-ring (bicyclic) bond motifs is 1. The molecule has 0 saturated carbocycles. The van der Waals surface area contributed by atoms with Gasteiger partial charge < -0.3 is 14.9 Å². The van der Waals surface area contributed by atoms with Crippen LogP contribution in [0, 0.1) is 0 Å². The lowest BCUT2D eigenvalue weighted by atomic mass is 9.76. The van der Waals surface area contributed by atoms with Gasteiger partial charge >= 0.3 is 7.12 Å². The van der Waals surface area contributed by atoms with E-state index in [1.54, 1.807) is 6.07 Å². The molecule has 0 unspecified atom stereocenters. The monoisotopic (exact) mass is 177 g/mol. The SMILES string of the molecule is CN1CCc2c(B(O)O)cccc21. The molecule has 0 amide bonds.